The average molecular weight is 275 g/mol. The lowest BCUT2D eigenvalue weighted by Crippen LogP contribution is -2.45. The monoisotopic (exact) mass is 275 g/mol. The average Bonchev–Trinajstić information content (AvgIpc) is 2.84. The molecule has 0 saturated carbocycles. The van der Waals surface area contributed by atoms with Crippen LogP contribution < -0.4 is 0 Å². The normalized spacial score (nSPS) is 20.1. The molecule has 19 heavy (non-hydrogen) atoms. The van der Waals surface area contributed by atoms with E-state index in [-0.39, 0.29) is 6.54 Å². The van der Waals surface area contributed by atoms with Crippen molar-refractivity contribution in [3.05, 3.63) is 17.5 Å². The van der Waals surface area contributed by atoms with Gasteiger partial charge in [-0.05, 0) is 32.8 Å². The summed E-state index contributed by atoms with van der Waals surface area (Å²) in [7, 11) is 0. The number of carbonyl (C=O) groups is 1. The first kappa shape index (κ1) is 13.9. The van der Waals surface area contributed by atoms with Gasteiger partial charge in [-0.1, -0.05) is 0 Å². The highest BCUT2D eigenvalue weighted by atomic mass is 19.4. The van der Waals surface area contributed by atoms with Gasteiger partial charge in [0, 0.05) is 12.2 Å². The van der Waals surface area contributed by atoms with Gasteiger partial charge < -0.3 is 4.90 Å². The largest absolute Gasteiger partial charge is 0.471 e. The molecule has 1 aromatic heterocycles. The zero-order valence-electron chi connectivity index (χ0n) is 10.9. The molecule has 0 aromatic carbocycles. The summed E-state index contributed by atoms with van der Waals surface area (Å²) >= 11 is 0. The molecular weight excluding hydrogens is 259 g/mol. The Morgan fingerprint density at radius 2 is 2.16 bits per heavy atom. The van der Waals surface area contributed by atoms with Crippen LogP contribution in [0.15, 0.2) is 6.07 Å². The van der Waals surface area contributed by atoms with E-state index in [1.807, 2.05) is 19.9 Å². The number of rotatable bonds is 2. The third-order valence-electron chi connectivity index (χ3n) is 3.37. The Hall–Kier alpha value is -1.53. The molecule has 0 radical (unpaired) electrons. The van der Waals surface area contributed by atoms with Crippen molar-refractivity contribution < 1.29 is 18.0 Å². The Balaban J connectivity index is 2.12. The Bertz CT molecular complexity index is 481. The van der Waals surface area contributed by atoms with Crippen molar-refractivity contribution in [2.24, 2.45) is 0 Å². The van der Waals surface area contributed by atoms with E-state index >= 15 is 0 Å². The number of halogens is 3. The molecule has 1 aliphatic heterocycles. The molecule has 0 N–H and O–H groups in total. The molecule has 0 spiro atoms. The van der Waals surface area contributed by atoms with Crippen LogP contribution in [-0.4, -0.2) is 39.4 Å². The quantitative estimate of drug-likeness (QED) is 0.828. The second kappa shape index (κ2) is 4.86. The van der Waals surface area contributed by atoms with E-state index in [0.717, 1.165) is 16.3 Å². The lowest BCUT2D eigenvalue weighted by molar-refractivity contribution is -0.186. The summed E-state index contributed by atoms with van der Waals surface area (Å²) < 4.78 is 39.1. The Morgan fingerprint density at radius 3 is 2.68 bits per heavy atom. The van der Waals surface area contributed by atoms with Crippen LogP contribution in [0.25, 0.3) is 0 Å². The van der Waals surface area contributed by atoms with E-state index in [1.165, 1.54) is 0 Å². The van der Waals surface area contributed by atoms with Gasteiger partial charge >= 0.3 is 12.1 Å². The van der Waals surface area contributed by atoms with Crippen LogP contribution in [-0.2, 0) is 11.3 Å². The van der Waals surface area contributed by atoms with Crippen LogP contribution in [0.1, 0.15) is 24.2 Å². The van der Waals surface area contributed by atoms with Gasteiger partial charge in [0.1, 0.15) is 0 Å². The highest BCUT2D eigenvalue weighted by Crippen LogP contribution is 2.26. The molecule has 0 bridgehead atoms. The van der Waals surface area contributed by atoms with Gasteiger partial charge in [0.15, 0.2) is 0 Å². The minimum atomic E-state index is -4.79. The molecule has 0 unspecified atom stereocenters. The lowest BCUT2D eigenvalue weighted by atomic mass is 10.2. The van der Waals surface area contributed by atoms with Gasteiger partial charge in [0.25, 0.3) is 0 Å². The Morgan fingerprint density at radius 1 is 1.47 bits per heavy atom. The van der Waals surface area contributed by atoms with Crippen LogP contribution in [0.3, 0.4) is 0 Å². The van der Waals surface area contributed by atoms with Crippen molar-refractivity contribution >= 4 is 5.91 Å². The van der Waals surface area contributed by atoms with Crippen molar-refractivity contribution in [1.29, 1.82) is 0 Å². The Kier molecular flexibility index (Phi) is 3.56. The molecule has 7 heteroatoms. The van der Waals surface area contributed by atoms with Gasteiger partial charge in [-0.25, -0.2) is 0 Å². The fraction of sp³-hybridized carbons (Fsp3) is 0.667. The number of hydrogen-bond donors (Lipinski definition) is 0. The minimum absolute atomic E-state index is 0.169. The highest BCUT2D eigenvalue weighted by molar-refractivity contribution is 5.82. The molecule has 1 amide bonds. The number of likely N-dealkylation sites (tertiary alicyclic amines) is 1. The van der Waals surface area contributed by atoms with E-state index in [0.29, 0.717) is 19.4 Å². The smallest absolute Gasteiger partial charge is 0.330 e. The number of nitrogens with zero attached hydrogens (tertiary/aromatic N) is 3. The van der Waals surface area contributed by atoms with Gasteiger partial charge in [-0.2, -0.15) is 18.3 Å². The topological polar surface area (TPSA) is 38.1 Å². The molecule has 0 aliphatic carbocycles. The molecule has 2 heterocycles. The summed E-state index contributed by atoms with van der Waals surface area (Å²) in [6.45, 7) is 4.17. The van der Waals surface area contributed by atoms with Gasteiger partial charge in [-0.15, -0.1) is 0 Å². The maximum atomic E-state index is 12.5. The van der Waals surface area contributed by atoms with Crippen molar-refractivity contribution in [2.45, 2.75) is 45.5 Å². The zero-order valence-corrected chi connectivity index (χ0v) is 10.9. The zero-order chi connectivity index (χ0) is 14.2. The number of aryl methyl sites for hydroxylation is 2. The summed E-state index contributed by atoms with van der Waals surface area (Å²) in [5, 5.41) is 4.23. The number of amides is 1. The maximum absolute atomic E-state index is 12.5. The second-order valence-corrected chi connectivity index (χ2v) is 4.90. The summed E-state index contributed by atoms with van der Waals surface area (Å²) in [4.78, 5) is 12.3. The minimum Gasteiger partial charge on any atom is -0.330 e. The molecule has 1 atom stereocenters. The predicted molar refractivity (Wildman–Crippen MR) is 62.5 cm³/mol. The molecule has 1 saturated heterocycles. The van der Waals surface area contributed by atoms with Gasteiger partial charge in [-0.3, -0.25) is 9.48 Å². The summed E-state index contributed by atoms with van der Waals surface area (Å²) in [6, 6.07) is 1.44. The van der Waals surface area contributed by atoms with Crippen molar-refractivity contribution in [3.8, 4) is 0 Å². The van der Waals surface area contributed by atoms with Crippen LogP contribution >= 0.6 is 0 Å². The maximum Gasteiger partial charge on any atom is 0.471 e. The molecule has 4 nitrogen and oxygen atoms in total. The molecule has 1 aliphatic rings. The fourth-order valence-corrected chi connectivity index (χ4v) is 2.52. The fourth-order valence-electron chi connectivity index (χ4n) is 2.52. The second-order valence-electron chi connectivity index (χ2n) is 4.90. The first-order chi connectivity index (χ1) is 8.79. The number of aromatic nitrogens is 2. The highest BCUT2D eigenvalue weighted by Gasteiger charge is 2.46. The van der Waals surface area contributed by atoms with Crippen LogP contribution in [0.4, 0.5) is 13.2 Å². The lowest BCUT2D eigenvalue weighted by Gasteiger charge is -2.25. The summed E-state index contributed by atoms with van der Waals surface area (Å²) in [5.41, 5.74) is 1.72. The van der Waals surface area contributed by atoms with Gasteiger partial charge in [0.05, 0.1) is 18.3 Å². The van der Waals surface area contributed by atoms with Crippen LogP contribution in [0.2, 0.25) is 0 Å². The molecule has 106 valence electrons. The third-order valence-corrected chi connectivity index (χ3v) is 3.37. The summed E-state index contributed by atoms with van der Waals surface area (Å²) in [6.07, 6.45) is -3.61. The van der Waals surface area contributed by atoms with Crippen molar-refractivity contribution in [2.75, 3.05) is 6.54 Å². The summed E-state index contributed by atoms with van der Waals surface area (Å²) in [5.74, 6) is -1.74. The molecule has 1 aromatic rings. The predicted octanol–water partition coefficient (Wildman–Crippen LogP) is 2.05. The first-order valence-corrected chi connectivity index (χ1v) is 6.18. The van der Waals surface area contributed by atoms with Crippen molar-refractivity contribution in [3.63, 3.8) is 0 Å². The number of carbonyl (C=O) groups excluding carboxylic acids is 1. The van der Waals surface area contributed by atoms with Crippen LogP contribution in [0.5, 0.6) is 0 Å². The van der Waals surface area contributed by atoms with Crippen LogP contribution in [0, 0.1) is 13.8 Å². The molecule has 2 rings (SSSR count). The van der Waals surface area contributed by atoms with E-state index in [9.17, 15) is 18.0 Å². The van der Waals surface area contributed by atoms with Crippen molar-refractivity contribution in [1.82, 2.24) is 14.7 Å². The SMILES string of the molecule is Cc1cc(C)n(C[C@@H]2CCCN2C(=O)C(F)(F)F)n1. The van der Waals surface area contributed by atoms with E-state index in [4.69, 9.17) is 0 Å². The number of hydrogen-bond acceptors (Lipinski definition) is 2. The van der Waals surface area contributed by atoms with Gasteiger partial charge in [0.2, 0.25) is 0 Å². The number of alkyl halides is 3. The standard InChI is InChI=1S/C12H16F3N3O/c1-8-6-9(2)18(16-8)7-10-4-3-5-17(10)11(19)12(13,14)15/h6,10H,3-5,7H2,1-2H3/t10-/m0/s1. The van der Waals surface area contributed by atoms with E-state index < -0.39 is 18.1 Å². The molecular formula is C12H16F3N3O. The molecule has 1 fully saturated rings. The van der Waals surface area contributed by atoms with E-state index in [2.05, 4.69) is 5.10 Å². The Labute approximate surface area is 109 Å². The van der Waals surface area contributed by atoms with E-state index in [1.54, 1.807) is 4.68 Å². The third kappa shape index (κ3) is 2.90. The first-order valence-electron chi connectivity index (χ1n) is 6.18.